The number of hydrogen-bond acceptors (Lipinski definition) is 6. The minimum absolute atomic E-state index is 0.258. The van der Waals surface area contributed by atoms with E-state index in [1.807, 2.05) is 6.92 Å². The van der Waals surface area contributed by atoms with Crippen molar-refractivity contribution >= 4 is 34.2 Å². The number of ether oxygens (including phenoxy) is 2. The Labute approximate surface area is 121 Å². The van der Waals surface area contributed by atoms with Crippen LogP contribution in [0.1, 0.15) is 34.6 Å². The zero-order valence-corrected chi connectivity index (χ0v) is 12.7. The van der Waals surface area contributed by atoms with Crippen molar-refractivity contribution in [2.24, 2.45) is 0 Å². The molecule has 20 heavy (non-hydrogen) atoms. The third-order valence-corrected chi connectivity index (χ3v) is 3.65. The number of nitrogens with one attached hydrogen (secondary N) is 1. The molecule has 0 aliphatic heterocycles. The number of anilines is 1. The van der Waals surface area contributed by atoms with Gasteiger partial charge in [0.05, 0.1) is 12.2 Å². The summed E-state index contributed by atoms with van der Waals surface area (Å²) in [5.74, 6) is -1.51. The summed E-state index contributed by atoms with van der Waals surface area (Å²) in [6.45, 7) is 6.45. The lowest BCUT2D eigenvalue weighted by Gasteiger charge is -2.07. The van der Waals surface area contributed by atoms with Crippen molar-refractivity contribution in [1.82, 2.24) is 0 Å². The van der Waals surface area contributed by atoms with Gasteiger partial charge in [0.25, 0.3) is 5.91 Å². The van der Waals surface area contributed by atoms with Crippen molar-refractivity contribution < 1.29 is 23.9 Å². The second-order valence-corrected chi connectivity index (χ2v) is 5.26. The molecule has 1 amide bonds. The first kappa shape index (κ1) is 16.2. The summed E-state index contributed by atoms with van der Waals surface area (Å²) in [6, 6.07) is 0. The molecule has 0 saturated heterocycles. The number of carbonyl (C=O) groups excluding carboxylic acids is 3. The number of thiophene rings is 1. The van der Waals surface area contributed by atoms with Gasteiger partial charge in [-0.15, -0.1) is 11.3 Å². The number of hydrogen-bond donors (Lipinski definition) is 1. The molecule has 0 fully saturated rings. The maximum atomic E-state index is 11.9. The van der Waals surface area contributed by atoms with E-state index in [9.17, 15) is 14.4 Å². The highest BCUT2D eigenvalue weighted by atomic mass is 32.1. The van der Waals surface area contributed by atoms with Crippen LogP contribution in [-0.4, -0.2) is 31.1 Å². The van der Waals surface area contributed by atoms with E-state index in [1.165, 1.54) is 18.3 Å². The average Bonchev–Trinajstić information content (AvgIpc) is 2.62. The standard InChI is InChI=1S/C13H17NO5S/c1-5-18-13(17)11-7(2)8(3)20-12(11)14-10(16)6-19-9(4)15/h5-6H2,1-4H3,(H,14,16). The molecule has 0 atom stereocenters. The fourth-order valence-corrected chi connectivity index (χ4v) is 2.56. The fourth-order valence-electron chi connectivity index (χ4n) is 1.49. The molecule has 1 N–H and O–H groups in total. The van der Waals surface area contributed by atoms with Crippen LogP contribution in [0.4, 0.5) is 5.00 Å². The highest BCUT2D eigenvalue weighted by Gasteiger charge is 2.22. The van der Waals surface area contributed by atoms with E-state index < -0.39 is 17.8 Å². The monoisotopic (exact) mass is 299 g/mol. The van der Waals surface area contributed by atoms with Crippen LogP contribution in [0, 0.1) is 13.8 Å². The Balaban J connectivity index is 2.89. The molecule has 7 heteroatoms. The summed E-state index contributed by atoms with van der Waals surface area (Å²) in [5.41, 5.74) is 1.13. The Kier molecular flexibility index (Phi) is 5.69. The molecule has 1 heterocycles. The summed E-state index contributed by atoms with van der Waals surface area (Å²) in [7, 11) is 0. The molecule has 1 rings (SSSR count). The van der Waals surface area contributed by atoms with Gasteiger partial charge >= 0.3 is 11.9 Å². The summed E-state index contributed by atoms with van der Waals surface area (Å²) in [5, 5.41) is 2.98. The summed E-state index contributed by atoms with van der Waals surface area (Å²) in [6.07, 6.45) is 0. The lowest BCUT2D eigenvalue weighted by Crippen LogP contribution is -2.20. The van der Waals surface area contributed by atoms with Crippen LogP contribution < -0.4 is 5.32 Å². The lowest BCUT2D eigenvalue weighted by molar-refractivity contribution is -0.144. The van der Waals surface area contributed by atoms with Crippen molar-refractivity contribution in [3.63, 3.8) is 0 Å². The molecule has 0 radical (unpaired) electrons. The Morgan fingerprint density at radius 3 is 2.40 bits per heavy atom. The lowest BCUT2D eigenvalue weighted by atomic mass is 10.1. The number of amides is 1. The third kappa shape index (κ3) is 4.06. The van der Waals surface area contributed by atoms with Crippen molar-refractivity contribution in [3.05, 3.63) is 16.0 Å². The van der Waals surface area contributed by atoms with Gasteiger partial charge in [0.1, 0.15) is 5.00 Å². The van der Waals surface area contributed by atoms with Gasteiger partial charge in [0, 0.05) is 11.8 Å². The zero-order valence-electron chi connectivity index (χ0n) is 11.9. The number of carbonyl (C=O) groups is 3. The minimum Gasteiger partial charge on any atom is -0.462 e. The van der Waals surface area contributed by atoms with Gasteiger partial charge < -0.3 is 14.8 Å². The van der Waals surface area contributed by atoms with Crippen LogP contribution in [0.3, 0.4) is 0 Å². The molecule has 0 unspecified atom stereocenters. The van der Waals surface area contributed by atoms with E-state index in [0.717, 1.165) is 10.4 Å². The van der Waals surface area contributed by atoms with Crippen molar-refractivity contribution in [2.75, 3.05) is 18.5 Å². The molecule has 0 aliphatic rings. The zero-order chi connectivity index (χ0) is 15.3. The first-order valence-electron chi connectivity index (χ1n) is 6.07. The molecule has 0 saturated carbocycles. The van der Waals surface area contributed by atoms with Crippen LogP contribution in [0.2, 0.25) is 0 Å². The van der Waals surface area contributed by atoms with E-state index >= 15 is 0 Å². The predicted molar refractivity (Wildman–Crippen MR) is 75.0 cm³/mol. The van der Waals surface area contributed by atoms with Gasteiger partial charge in [0.15, 0.2) is 6.61 Å². The molecule has 0 bridgehead atoms. The molecular formula is C13H17NO5S. The van der Waals surface area contributed by atoms with E-state index in [2.05, 4.69) is 10.1 Å². The molecule has 0 aromatic carbocycles. The summed E-state index contributed by atoms with van der Waals surface area (Å²) < 4.78 is 9.57. The predicted octanol–water partition coefficient (Wildman–Crippen LogP) is 2.04. The number of esters is 2. The minimum atomic E-state index is -0.538. The topological polar surface area (TPSA) is 81.7 Å². The van der Waals surface area contributed by atoms with E-state index in [1.54, 1.807) is 13.8 Å². The van der Waals surface area contributed by atoms with Gasteiger partial charge in [-0.3, -0.25) is 9.59 Å². The van der Waals surface area contributed by atoms with Crippen LogP contribution in [-0.2, 0) is 19.1 Å². The van der Waals surface area contributed by atoms with Crippen LogP contribution in [0.25, 0.3) is 0 Å². The maximum absolute atomic E-state index is 11.9. The Morgan fingerprint density at radius 1 is 1.20 bits per heavy atom. The van der Waals surface area contributed by atoms with Gasteiger partial charge in [-0.05, 0) is 26.3 Å². The number of rotatable bonds is 5. The molecule has 6 nitrogen and oxygen atoms in total. The van der Waals surface area contributed by atoms with Gasteiger partial charge in [0.2, 0.25) is 0 Å². The van der Waals surface area contributed by atoms with Crippen molar-refractivity contribution in [2.45, 2.75) is 27.7 Å². The van der Waals surface area contributed by atoms with E-state index in [0.29, 0.717) is 10.6 Å². The quantitative estimate of drug-likeness (QED) is 0.841. The molecule has 1 aromatic heterocycles. The molecule has 1 aromatic rings. The first-order chi connectivity index (χ1) is 9.36. The van der Waals surface area contributed by atoms with Crippen molar-refractivity contribution in [1.29, 1.82) is 0 Å². The Morgan fingerprint density at radius 2 is 1.85 bits per heavy atom. The molecule has 0 aliphatic carbocycles. The highest BCUT2D eigenvalue weighted by molar-refractivity contribution is 7.16. The van der Waals surface area contributed by atoms with E-state index in [4.69, 9.17) is 4.74 Å². The van der Waals surface area contributed by atoms with E-state index in [-0.39, 0.29) is 13.2 Å². The van der Waals surface area contributed by atoms with Crippen molar-refractivity contribution in [3.8, 4) is 0 Å². The maximum Gasteiger partial charge on any atom is 0.341 e. The van der Waals surface area contributed by atoms with Gasteiger partial charge in [-0.2, -0.15) is 0 Å². The largest absolute Gasteiger partial charge is 0.462 e. The smallest absolute Gasteiger partial charge is 0.341 e. The van der Waals surface area contributed by atoms with Gasteiger partial charge in [-0.25, -0.2) is 4.79 Å². The third-order valence-electron chi connectivity index (χ3n) is 2.52. The second kappa shape index (κ2) is 7.04. The van der Waals surface area contributed by atoms with Crippen LogP contribution in [0.5, 0.6) is 0 Å². The molecule has 110 valence electrons. The van der Waals surface area contributed by atoms with Crippen LogP contribution >= 0.6 is 11.3 Å². The Hall–Kier alpha value is -1.89. The first-order valence-corrected chi connectivity index (χ1v) is 6.88. The van der Waals surface area contributed by atoms with Gasteiger partial charge in [-0.1, -0.05) is 0 Å². The highest BCUT2D eigenvalue weighted by Crippen LogP contribution is 2.32. The average molecular weight is 299 g/mol. The Bertz CT molecular complexity index is 535. The molecule has 0 spiro atoms. The SMILES string of the molecule is CCOC(=O)c1c(NC(=O)COC(C)=O)sc(C)c1C. The fraction of sp³-hybridized carbons (Fsp3) is 0.462. The number of aryl methyl sites for hydroxylation is 1. The normalized spacial score (nSPS) is 10.0. The van der Waals surface area contributed by atoms with Crippen LogP contribution in [0.15, 0.2) is 0 Å². The summed E-state index contributed by atoms with van der Waals surface area (Å²) >= 11 is 1.28. The summed E-state index contributed by atoms with van der Waals surface area (Å²) in [4.78, 5) is 35.1. The molecular weight excluding hydrogens is 282 g/mol. The second-order valence-electron chi connectivity index (χ2n) is 4.04.